The van der Waals surface area contributed by atoms with Gasteiger partial charge in [-0.2, -0.15) is 0 Å². The van der Waals surface area contributed by atoms with Crippen LogP contribution >= 0.6 is 0 Å². The van der Waals surface area contributed by atoms with Crippen molar-refractivity contribution in [2.45, 2.75) is 89.0 Å². The number of amides is 1. The molecule has 5 unspecified atom stereocenters. The molecule has 192 valence electrons. The van der Waals surface area contributed by atoms with Crippen molar-refractivity contribution in [3.05, 3.63) is 70.8 Å². The Morgan fingerprint density at radius 1 is 1.17 bits per heavy atom. The molecule has 5 nitrogen and oxygen atoms in total. The number of aliphatic hydroxyl groups is 2. The number of halogens is 2. The van der Waals surface area contributed by atoms with Crippen molar-refractivity contribution in [1.29, 1.82) is 0 Å². The van der Waals surface area contributed by atoms with Gasteiger partial charge in [-0.3, -0.25) is 4.79 Å². The molecular weight excluding hydrogens is 450 g/mol. The lowest BCUT2D eigenvalue weighted by Crippen LogP contribution is -2.52. The first-order valence-electron chi connectivity index (χ1n) is 12.4. The molecular formula is C28H38F2N2O3. The normalized spacial score (nSPS) is 24.3. The number of nitrogens with one attached hydrogen (secondary N) is 2. The van der Waals surface area contributed by atoms with E-state index in [2.05, 4.69) is 42.7 Å². The minimum atomic E-state index is -0.977. The van der Waals surface area contributed by atoms with Crippen LogP contribution in [0, 0.1) is 11.6 Å². The predicted octanol–water partition coefficient (Wildman–Crippen LogP) is 4.17. The average Bonchev–Trinajstić information content (AvgIpc) is 2.76. The minimum absolute atomic E-state index is 0.0249. The van der Waals surface area contributed by atoms with E-state index in [-0.39, 0.29) is 30.8 Å². The average molecular weight is 489 g/mol. The molecule has 35 heavy (non-hydrogen) atoms. The van der Waals surface area contributed by atoms with Crippen LogP contribution in [0.1, 0.15) is 75.5 Å². The Hall–Kier alpha value is -2.35. The SMILES string of the molecule is CC(=O)NC(Cc1cc(F)cc(F)c1)C(O)CNC1CCC(C)(O)CC1c1cccc(C(C)C)c1. The molecule has 0 heterocycles. The molecule has 1 fully saturated rings. The van der Waals surface area contributed by atoms with Gasteiger partial charge >= 0.3 is 0 Å². The molecule has 0 radical (unpaired) electrons. The van der Waals surface area contributed by atoms with E-state index in [9.17, 15) is 23.8 Å². The molecule has 1 amide bonds. The number of rotatable bonds is 9. The van der Waals surface area contributed by atoms with E-state index < -0.39 is 29.4 Å². The van der Waals surface area contributed by atoms with Crippen molar-refractivity contribution >= 4 is 5.91 Å². The van der Waals surface area contributed by atoms with Crippen LogP contribution in [0.2, 0.25) is 0 Å². The third-order valence-corrected chi connectivity index (χ3v) is 6.97. The lowest BCUT2D eigenvalue weighted by atomic mass is 9.72. The highest BCUT2D eigenvalue weighted by atomic mass is 19.1. The van der Waals surface area contributed by atoms with Gasteiger partial charge in [0.05, 0.1) is 17.7 Å². The second-order valence-electron chi connectivity index (χ2n) is 10.5. The zero-order valence-electron chi connectivity index (χ0n) is 21.0. The van der Waals surface area contributed by atoms with Crippen LogP contribution < -0.4 is 10.6 Å². The van der Waals surface area contributed by atoms with Gasteiger partial charge in [0.25, 0.3) is 0 Å². The van der Waals surface area contributed by atoms with E-state index in [1.165, 1.54) is 24.6 Å². The molecule has 2 aromatic rings. The van der Waals surface area contributed by atoms with Gasteiger partial charge in [0.2, 0.25) is 5.91 Å². The smallest absolute Gasteiger partial charge is 0.217 e. The van der Waals surface area contributed by atoms with Gasteiger partial charge < -0.3 is 20.8 Å². The number of benzene rings is 2. The fraction of sp³-hybridized carbons (Fsp3) is 0.536. The summed E-state index contributed by atoms with van der Waals surface area (Å²) in [6.07, 6.45) is 1.08. The Morgan fingerprint density at radius 3 is 2.49 bits per heavy atom. The molecule has 2 aromatic carbocycles. The second kappa shape index (κ2) is 11.6. The van der Waals surface area contributed by atoms with Crippen LogP contribution in [0.15, 0.2) is 42.5 Å². The standard InChI is InChI=1S/C28H38F2N2O3/c1-17(2)20-6-5-7-21(13-20)24-15-28(4,35)9-8-25(24)31-16-27(34)26(32-18(3)33)12-19-10-22(29)14-23(30)11-19/h5-7,10-11,13-14,17,24-27,31,34-35H,8-9,12,15-16H2,1-4H3,(H,32,33). The molecule has 0 aliphatic heterocycles. The van der Waals surface area contributed by atoms with E-state index in [4.69, 9.17) is 0 Å². The fourth-order valence-electron chi connectivity index (χ4n) is 5.07. The van der Waals surface area contributed by atoms with Crippen LogP contribution in [-0.4, -0.2) is 46.5 Å². The van der Waals surface area contributed by atoms with E-state index in [1.54, 1.807) is 0 Å². The highest BCUT2D eigenvalue weighted by Gasteiger charge is 2.37. The van der Waals surface area contributed by atoms with Crippen molar-refractivity contribution in [3.8, 4) is 0 Å². The van der Waals surface area contributed by atoms with E-state index >= 15 is 0 Å². The summed E-state index contributed by atoms with van der Waals surface area (Å²) < 4.78 is 27.3. The number of carbonyl (C=O) groups is 1. The number of carbonyl (C=O) groups excluding carboxylic acids is 1. The summed E-state index contributed by atoms with van der Waals surface area (Å²) in [4.78, 5) is 11.8. The topological polar surface area (TPSA) is 81.6 Å². The van der Waals surface area contributed by atoms with Crippen molar-refractivity contribution < 1.29 is 23.8 Å². The minimum Gasteiger partial charge on any atom is -0.390 e. The van der Waals surface area contributed by atoms with Crippen LogP contribution in [0.4, 0.5) is 8.78 Å². The molecule has 4 N–H and O–H groups in total. The molecule has 0 aromatic heterocycles. The van der Waals surface area contributed by atoms with E-state index in [0.717, 1.165) is 18.1 Å². The van der Waals surface area contributed by atoms with Crippen molar-refractivity contribution in [3.63, 3.8) is 0 Å². The summed E-state index contributed by atoms with van der Waals surface area (Å²) >= 11 is 0. The first-order chi connectivity index (χ1) is 16.4. The predicted molar refractivity (Wildman–Crippen MR) is 133 cm³/mol. The van der Waals surface area contributed by atoms with Gasteiger partial charge in [-0.05, 0) is 67.3 Å². The van der Waals surface area contributed by atoms with Crippen molar-refractivity contribution in [2.24, 2.45) is 0 Å². The Morgan fingerprint density at radius 2 is 1.86 bits per heavy atom. The summed E-state index contributed by atoms with van der Waals surface area (Å²) in [5, 5.41) is 27.9. The molecule has 1 aliphatic rings. The van der Waals surface area contributed by atoms with E-state index in [1.807, 2.05) is 13.0 Å². The molecule has 3 rings (SSSR count). The Balaban J connectivity index is 1.74. The quantitative estimate of drug-likeness (QED) is 0.427. The number of aliphatic hydroxyl groups excluding tert-OH is 1. The largest absolute Gasteiger partial charge is 0.390 e. The summed E-state index contributed by atoms with van der Waals surface area (Å²) in [6.45, 7) is 7.70. The van der Waals surface area contributed by atoms with Crippen LogP contribution in [0.5, 0.6) is 0 Å². The van der Waals surface area contributed by atoms with E-state index in [0.29, 0.717) is 24.3 Å². The second-order valence-corrected chi connectivity index (χ2v) is 10.5. The zero-order chi connectivity index (χ0) is 25.8. The maximum absolute atomic E-state index is 13.7. The highest BCUT2D eigenvalue weighted by molar-refractivity contribution is 5.73. The Labute approximate surface area is 207 Å². The lowest BCUT2D eigenvalue weighted by Gasteiger charge is -2.41. The maximum atomic E-state index is 13.7. The lowest BCUT2D eigenvalue weighted by molar-refractivity contribution is -0.120. The summed E-state index contributed by atoms with van der Waals surface area (Å²) in [5.41, 5.74) is 1.98. The van der Waals surface area contributed by atoms with Gasteiger partial charge in [-0.1, -0.05) is 38.1 Å². The Kier molecular flexibility index (Phi) is 9.02. The van der Waals surface area contributed by atoms with Gasteiger partial charge in [-0.15, -0.1) is 0 Å². The van der Waals surface area contributed by atoms with Crippen LogP contribution in [0.25, 0.3) is 0 Å². The van der Waals surface area contributed by atoms with Crippen molar-refractivity contribution in [2.75, 3.05) is 6.54 Å². The summed E-state index contributed by atoms with van der Waals surface area (Å²) in [6, 6.07) is 11.0. The molecule has 5 atom stereocenters. The van der Waals surface area contributed by atoms with Crippen LogP contribution in [-0.2, 0) is 11.2 Å². The van der Waals surface area contributed by atoms with Gasteiger partial charge in [0, 0.05) is 31.5 Å². The van der Waals surface area contributed by atoms with Crippen LogP contribution in [0.3, 0.4) is 0 Å². The van der Waals surface area contributed by atoms with Gasteiger partial charge in [0.1, 0.15) is 11.6 Å². The molecule has 7 heteroatoms. The Bertz CT molecular complexity index is 991. The van der Waals surface area contributed by atoms with Gasteiger partial charge in [-0.25, -0.2) is 8.78 Å². The first kappa shape index (κ1) is 27.2. The molecule has 0 saturated heterocycles. The fourth-order valence-corrected chi connectivity index (χ4v) is 5.07. The molecule has 0 bridgehead atoms. The molecule has 1 saturated carbocycles. The third kappa shape index (κ3) is 7.82. The van der Waals surface area contributed by atoms with Gasteiger partial charge in [0.15, 0.2) is 0 Å². The monoisotopic (exact) mass is 488 g/mol. The zero-order valence-corrected chi connectivity index (χ0v) is 21.0. The molecule has 0 spiro atoms. The molecule has 1 aliphatic carbocycles. The number of hydrogen-bond acceptors (Lipinski definition) is 4. The maximum Gasteiger partial charge on any atom is 0.217 e. The highest BCUT2D eigenvalue weighted by Crippen LogP contribution is 2.39. The van der Waals surface area contributed by atoms with Crippen molar-refractivity contribution in [1.82, 2.24) is 10.6 Å². The summed E-state index contributed by atoms with van der Waals surface area (Å²) in [7, 11) is 0. The third-order valence-electron chi connectivity index (χ3n) is 6.97. The first-order valence-corrected chi connectivity index (χ1v) is 12.4. The number of hydrogen-bond donors (Lipinski definition) is 4. The summed E-state index contributed by atoms with van der Waals surface area (Å²) in [5.74, 6) is -1.28.